The molecule has 0 saturated carbocycles. The van der Waals surface area contributed by atoms with Crippen molar-refractivity contribution in [1.29, 1.82) is 0 Å². The van der Waals surface area contributed by atoms with E-state index in [4.69, 9.17) is 0 Å². The second kappa shape index (κ2) is 9.33. The van der Waals surface area contributed by atoms with Gasteiger partial charge in [-0.2, -0.15) is 4.31 Å². The molecule has 1 aromatic rings. The summed E-state index contributed by atoms with van der Waals surface area (Å²) >= 11 is 0. The fourth-order valence-corrected chi connectivity index (χ4v) is 2.73. The van der Waals surface area contributed by atoms with Gasteiger partial charge in [-0.1, -0.05) is 30.3 Å². The van der Waals surface area contributed by atoms with Gasteiger partial charge >= 0.3 is 0 Å². The summed E-state index contributed by atoms with van der Waals surface area (Å²) in [5, 5.41) is 3.73. The number of nitrogens with one attached hydrogen (secondary N) is 1. The summed E-state index contributed by atoms with van der Waals surface area (Å²) in [5.41, 5.74) is 0.744. The molecule has 1 aromatic carbocycles. The van der Waals surface area contributed by atoms with Crippen molar-refractivity contribution >= 4 is 27.9 Å². The van der Waals surface area contributed by atoms with Crippen LogP contribution in [0.5, 0.6) is 0 Å². The highest BCUT2D eigenvalue weighted by atomic mass is 32.2. The van der Waals surface area contributed by atoms with Crippen molar-refractivity contribution in [2.75, 3.05) is 27.2 Å². The van der Waals surface area contributed by atoms with E-state index in [1.165, 1.54) is 25.1 Å². The zero-order valence-corrected chi connectivity index (χ0v) is 15.8. The number of likely N-dealkylation sites (N-methyl/N-ethyl adjacent to an activating group) is 2. The van der Waals surface area contributed by atoms with E-state index in [9.17, 15) is 18.0 Å². The van der Waals surface area contributed by atoms with Gasteiger partial charge in [-0.15, -0.1) is 0 Å². The van der Waals surface area contributed by atoms with Crippen LogP contribution in [0, 0.1) is 0 Å². The van der Waals surface area contributed by atoms with E-state index in [-0.39, 0.29) is 25.0 Å². The van der Waals surface area contributed by atoms with Gasteiger partial charge in [0.1, 0.15) is 0 Å². The lowest BCUT2D eigenvalue weighted by atomic mass is 10.2. The van der Waals surface area contributed by atoms with Gasteiger partial charge in [0.25, 0.3) is 0 Å². The molecule has 0 aliphatic heterocycles. The van der Waals surface area contributed by atoms with Gasteiger partial charge in [-0.05, 0) is 25.5 Å². The number of carbonyl (C=O) groups excluding carboxylic acids is 2. The Labute approximate surface area is 149 Å². The van der Waals surface area contributed by atoms with Crippen molar-refractivity contribution in [2.45, 2.75) is 19.9 Å². The number of hydrogen-bond acceptors (Lipinski definition) is 4. The van der Waals surface area contributed by atoms with Crippen molar-refractivity contribution in [2.24, 2.45) is 0 Å². The van der Waals surface area contributed by atoms with Crippen molar-refractivity contribution in [3.05, 3.63) is 41.3 Å². The summed E-state index contributed by atoms with van der Waals surface area (Å²) in [6.07, 6.45) is 1.47. The van der Waals surface area contributed by atoms with Gasteiger partial charge < -0.3 is 10.2 Å². The zero-order chi connectivity index (χ0) is 19.0. The quantitative estimate of drug-likeness (QED) is 0.740. The van der Waals surface area contributed by atoms with E-state index in [1.807, 2.05) is 19.9 Å². The Kier molecular flexibility index (Phi) is 7.79. The summed E-state index contributed by atoms with van der Waals surface area (Å²) in [6, 6.07) is 8.97. The molecule has 0 saturated heterocycles. The fourth-order valence-electron chi connectivity index (χ4n) is 1.90. The predicted molar refractivity (Wildman–Crippen MR) is 97.9 cm³/mol. The number of carbonyl (C=O) groups is 2. The normalized spacial score (nSPS) is 11.9. The first kappa shape index (κ1) is 20.9. The Morgan fingerprint density at radius 3 is 2.28 bits per heavy atom. The number of nitrogens with zero attached hydrogens (tertiary/aromatic N) is 2. The lowest BCUT2D eigenvalue weighted by molar-refractivity contribution is -0.134. The van der Waals surface area contributed by atoms with Gasteiger partial charge in [-0.25, -0.2) is 8.42 Å². The molecular formula is C17H25N3O4S. The lowest BCUT2D eigenvalue weighted by Crippen LogP contribution is -2.44. The van der Waals surface area contributed by atoms with E-state index in [0.29, 0.717) is 0 Å². The zero-order valence-electron chi connectivity index (χ0n) is 15.0. The maximum atomic E-state index is 12.2. The highest BCUT2D eigenvalue weighted by molar-refractivity contribution is 7.92. The number of amides is 2. The molecule has 0 aromatic heterocycles. The van der Waals surface area contributed by atoms with Gasteiger partial charge in [0.2, 0.25) is 21.8 Å². The van der Waals surface area contributed by atoms with E-state index >= 15 is 0 Å². The molecule has 1 N–H and O–H groups in total. The molecule has 8 heteroatoms. The summed E-state index contributed by atoms with van der Waals surface area (Å²) < 4.78 is 25.4. The van der Waals surface area contributed by atoms with E-state index in [1.54, 1.807) is 24.3 Å². The summed E-state index contributed by atoms with van der Waals surface area (Å²) in [6.45, 7) is 3.18. The third kappa shape index (κ3) is 7.49. The highest BCUT2D eigenvalue weighted by Crippen LogP contribution is 2.07. The first-order chi connectivity index (χ1) is 11.6. The molecule has 0 radical (unpaired) electrons. The Morgan fingerprint density at radius 2 is 1.72 bits per heavy atom. The van der Waals surface area contributed by atoms with Crippen LogP contribution >= 0.6 is 0 Å². The van der Waals surface area contributed by atoms with Crippen LogP contribution in [-0.4, -0.2) is 62.7 Å². The Bertz CT molecular complexity index is 715. The molecule has 0 aliphatic carbocycles. The molecule has 7 nitrogen and oxygen atoms in total. The number of rotatable bonds is 8. The van der Waals surface area contributed by atoms with Crippen molar-refractivity contribution in [3.8, 4) is 0 Å². The first-order valence-corrected chi connectivity index (χ1v) is 9.35. The highest BCUT2D eigenvalue weighted by Gasteiger charge is 2.21. The van der Waals surface area contributed by atoms with Gasteiger partial charge in [0.15, 0.2) is 0 Å². The average molecular weight is 367 g/mol. The number of hydrogen-bond donors (Lipinski definition) is 1. The minimum absolute atomic E-state index is 0.0258. The van der Waals surface area contributed by atoms with Gasteiger partial charge in [0, 0.05) is 25.5 Å². The first-order valence-electron chi connectivity index (χ1n) is 7.84. The van der Waals surface area contributed by atoms with Crippen LogP contribution in [0.4, 0.5) is 0 Å². The molecule has 25 heavy (non-hydrogen) atoms. The molecule has 0 bridgehead atoms. The van der Waals surface area contributed by atoms with E-state index in [2.05, 4.69) is 5.32 Å². The molecule has 0 aliphatic rings. The van der Waals surface area contributed by atoms with Crippen LogP contribution < -0.4 is 5.32 Å². The number of benzene rings is 1. The molecule has 1 rings (SSSR count). The Morgan fingerprint density at radius 1 is 1.12 bits per heavy atom. The molecule has 0 atom stereocenters. The molecular weight excluding hydrogens is 342 g/mol. The van der Waals surface area contributed by atoms with Crippen LogP contribution in [0.3, 0.4) is 0 Å². The second-order valence-corrected chi connectivity index (χ2v) is 7.91. The van der Waals surface area contributed by atoms with E-state index in [0.717, 1.165) is 15.3 Å². The van der Waals surface area contributed by atoms with Crippen LogP contribution in [0.25, 0.3) is 6.08 Å². The smallest absolute Gasteiger partial charge is 0.239 e. The summed E-state index contributed by atoms with van der Waals surface area (Å²) in [4.78, 5) is 25.0. The minimum Gasteiger partial charge on any atom is -0.352 e. The third-order valence-electron chi connectivity index (χ3n) is 3.28. The van der Waals surface area contributed by atoms with Gasteiger partial charge in [0.05, 0.1) is 13.1 Å². The minimum atomic E-state index is -3.73. The van der Waals surface area contributed by atoms with Crippen molar-refractivity contribution < 1.29 is 18.0 Å². The molecule has 0 fully saturated rings. The summed E-state index contributed by atoms with van der Waals surface area (Å²) in [5.74, 6) is -0.751. The maximum absolute atomic E-state index is 12.2. The predicted octanol–water partition coefficient (Wildman–Crippen LogP) is 0.902. The maximum Gasteiger partial charge on any atom is 0.239 e. The molecule has 2 amide bonds. The Hall–Kier alpha value is -2.19. The SMILES string of the molecule is CC(C)NC(=O)CN(C)C(=O)CN(C)S(=O)(=O)/C=C/c1ccccc1. The van der Waals surface area contributed by atoms with Crippen LogP contribution in [0.1, 0.15) is 19.4 Å². The van der Waals surface area contributed by atoms with Crippen LogP contribution in [0.2, 0.25) is 0 Å². The molecule has 0 spiro atoms. The molecule has 138 valence electrons. The summed E-state index contributed by atoms with van der Waals surface area (Å²) in [7, 11) is -0.945. The van der Waals surface area contributed by atoms with Crippen LogP contribution in [0.15, 0.2) is 35.7 Å². The van der Waals surface area contributed by atoms with Gasteiger partial charge in [-0.3, -0.25) is 9.59 Å². The standard InChI is InChI=1S/C17H25N3O4S/c1-14(2)18-16(21)12-19(3)17(22)13-20(4)25(23,24)11-10-15-8-6-5-7-9-15/h5-11,14H,12-13H2,1-4H3,(H,18,21)/b11-10+. The number of sulfonamides is 1. The van der Waals surface area contributed by atoms with Crippen molar-refractivity contribution in [1.82, 2.24) is 14.5 Å². The van der Waals surface area contributed by atoms with Crippen molar-refractivity contribution in [3.63, 3.8) is 0 Å². The topological polar surface area (TPSA) is 86.8 Å². The Balaban J connectivity index is 2.63. The second-order valence-electron chi connectivity index (χ2n) is 5.99. The fraction of sp³-hybridized carbons (Fsp3) is 0.412. The molecule has 0 unspecified atom stereocenters. The van der Waals surface area contributed by atoms with Crippen LogP contribution in [-0.2, 0) is 19.6 Å². The molecule has 0 heterocycles. The third-order valence-corrected chi connectivity index (χ3v) is 4.76. The lowest BCUT2D eigenvalue weighted by Gasteiger charge is -2.21. The largest absolute Gasteiger partial charge is 0.352 e. The monoisotopic (exact) mass is 367 g/mol. The van der Waals surface area contributed by atoms with E-state index < -0.39 is 15.9 Å². The average Bonchev–Trinajstić information content (AvgIpc) is 2.53.